The molecule has 0 spiro atoms. The number of aliphatic hydroxyl groups excluding tert-OH is 1. The van der Waals surface area contributed by atoms with Crippen LogP contribution in [0.3, 0.4) is 0 Å². The highest BCUT2D eigenvalue weighted by Crippen LogP contribution is 2.42. The van der Waals surface area contributed by atoms with Crippen molar-refractivity contribution in [3.05, 3.63) is 101 Å². The third-order valence-electron chi connectivity index (χ3n) is 5.66. The number of carbonyl (C=O) groups is 2. The summed E-state index contributed by atoms with van der Waals surface area (Å²) >= 11 is 0. The normalized spacial score (nSPS) is 17.1. The quantitative estimate of drug-likeness (QED) is 0.309. The maximum Gasteiger partial charge on any atom is 0.295 e. The van der Waals surface area contributed by atoms with Crippen LogP contribution in [0, 0.1) is 5.82 Å². The number of nitrogens with zero attached hydrogens (tertiary/aromatic N) is 1. The van der Waals surface area contributed by atoms with Crippen molar-refractivity contribution in [2.75, 3.05) is 13.7 Å². The first-order chi connectivity index (χ1) is 16.4. The molecule has 0 aliphatic carbocycles. The van der Waals surface area contributed by atoms with E-state index in [9.17, 15) is 19.1 Å². The second-order valence-corrected chi connectivity index (χ2v) is 7.76. The summed E-state index contributed by atoms with van der Waals surface area (Å²) in [5.74, 6) is -1.25. The summed E-state index contributed by atoms with van der Waals surface area (Å²) in [5.41, 5.74) is 1.62. The van der Waals surface area contributed by atoms with Gasteiger partial charge in [-0.2, -0.15) is 0 Å². The molecule has 1 unspecified atom stereocenters. The maximum absolute atomic E-state index is 13.4. The number of likely N-dealkylation sites (tertiary alicyclic amines) is 1. The summed E-state index contributed by atoms with van der Waals surface area (Å²) in [7, 11) is 1.52. The van der Waals surface area contributed by atoms with E-state index in [-0.39, 0.29) is 17.9 Å². The summed E-state index contributed by atoms with van der Waals surface area (Å²) in [6, 6.07) is 18.6. The van der Waals surface area contributed by atoms with Gasteiger partial charge in [0.2, 0.25) is 0 Å². The highest BCUT2D eigenvalue weighted by Gasteiger charge is 2.46. The van der Waals surface area contributed by atoms with Crippen LogP contribution in [0.1, 0.15) is 29.7 Å². The maximum atomic E-state index is 13.4. The summed E-state index contributed by atoms with van der Waals surface area (Å²) < 4.78 is 24.5. The van der Waals surface area contributed by atoms with E-state index >= 15 is 0 Å². The Bertz CT molecular complexity index is 1240. The molecule has 1 aliphatic heterocycles. The van der Waals surface area contributed by atoms with Gasteiger partial charge in [-0.05, 0) is 42.3 Å². The first kappa shape index (κ1) is 23.0. The van der Waals surface area contributed by atoms with Crippen LogP contribution in [-0.4, -0.2) is 35.4 Å². The van der Waals surface area contributed by atoms with Gasteiger partial charge in [0.1, 0.15) is 11.6 Å². The number of halogens is 1. The Balaban J connectivity index is 1.87. The van der Waals surface area contributed by atoms with Gasteiger partial charge in [0.15, 0.2) is 11.5 Å². The molecule has 0 bridgehead atoms. The Morgan fingerprint density at radius 3 is 2.35 bits per heavy atom. The zero-order chi connectivity index (χ0) is 24.2. The molecule has 1 aliphatic rings. The average Bonchev–Trinajstić information content (AvgIpc) is 3.10. The molecule has 1 N–H and O–H groups in total. The second-order valence-electron chi connectivity index (χ2n) is 7.76. The van der Waals surface area contributed by atoms with Crippen molar-refractivity contribution in [2.24, 2.45) is 0 Å². The van der Waals surface area contributed by atoms with Crippen LogP contribution in [0.15, 0.2) is 78.4 Å². The van der Waals surface area contributed by atoms with Crippen molar-refractivity contribution < 1.29 is 28.6 Å². The molecule has 0 saturated carbocycles. The topological polar surface area (TPSA) is 76.1 Å². The number of hydrogen-bond donors (Lipinski definition) is 1. The molecule has 34 heavy (non-hydrogen) atoms. The zero-order valence-electron chi connectivity index (χ0n) is 18.8. The largest absolute Gasteiger partial charge is 0.507 e. The first-order valence-electron chi connectivity index (χ1n) is 10.8. The lowest BCUT2D eigenvalue weighted by Crippen LogP contribution is -2.29. The number of benzene rings is 3. The Labute approximate surface area is 196 Å². The van der Waals surface area contributed by atoms with Gasteiger partial charge < -0.3 is 19.5 Å². The Hall–Kier alpha value is -4.13. The van der Waals surface area contributed by atoms with Gasteiger partial charge in [0.25, 0.3) is 11.7 Å². The molecule has 6 nitrogen and oxygen atoms in total. The molecule has 7 heteroatoms. The van der Waals surface area contributed by atoms with E-state index in [1.807, 2.05) is 6.92 Å². The molecule has 0 aromatic heterocycles. The van der Waals surface area contributed by atoms with Gasteiger partial charge in [0, 0.05) is 12.1 Å². The van der Waals surface area contributed by atoms with Gasteiger partial charge in [-0.1, -0.05) is 48.5 Å². The van der Waals surface area contributed by atoms with E-state index in [0.717, 1.165) is 0 Å². The van der Waals surface area contributed by atoms with Crippen molar-refractivity contribution in [1.29, 1.82) is 0 Å². The minimum absolute atomic E-state index is 0.0223. The van der Waals surface area contributed by atoms with Gasteiger partial charge in [0.05, 0.1) is 25.3 Å². The number of Topliss-reactive ketones (excluding diaryl/α,β-unsaturated/α-hetero) is 1. The summed E-state index contributed by atoms with van der Waals surface area (Å²) in [5, 5.41) is 11.1. The van der Waals surface area contributed by atoms with Crippen LogP contribution < -0.4 is 9.47 Å². The molecule has 3 aromatic carbocycles. The van der Waals surface area contributed by atoms with Crippen LogP contribution in [0.25, 0.3) is 5.76 Å². The fourth-order valence-corrected chi connectivity index (χ4v) is 4.06. The molecule has 1 atom stereocenters. The average molecular weight is 461 g/mol. The number of carbonyl (C=O) groups excluding carboxylic acids is 2. The monoisotopic (exact) mass is 461 g/mol. The van der Waals surface area contributed by atoms with E-state index in [1.54, 1.807) is 60.7 Å². The summed E-state index contributed by atoms with van der Waals surface area (Å²) in [6.07, 6.45) is 0. The molecule has 3 aromatic rings. The lowest BCUT2D eigenvalue weighted by atomic mass is 9.95. The highest BCUT2D eigenvalue weighted by atomic mass is 19.1. The van der Waals surface area contributed by atoms with Crippen LogP contribution in [0.4, 0.5) is 4.39 Å². The summed E-state index contributed by atoms with van der Waals surface area (Å²) in [6.45, 7) is 2.28. The minimum Gasteiger partial charge on any atom is -0.507 e. The van der Waals surface area contributed by atoms with E-state index in [4.69, 9.17) is 9.47 Å². The van der Waals surface area contributed by atoms with Crippen molar-refractivity contribution in [2.45, 2.75) is 19.5 Å². The number of rotatable bonds is 7. The van der Waals surface area contributed by atoms with Crippen molar-refractivity contribution in [3.8, 4) is 11.5 Å². The Morgan fingerprint density at radius 1 is 1.00 bits per heavy atom. The number of hydrogen-bond acceptors (Lipinski definition) is 5. The molecule has 174 valence electrons. The SMILES string of the molecule is CCOc1cc(C2/C(=C(/O)c3ccccc3)C(=O)C(=O)N2Cc2ccc(F)cc2)ccc1OC. The lowest BCUT2D eigenvalue weighted by molar-refractivity contribution is -0.140. The van der Waals surface area contributed by atoms with E-state index < -0.39 is 23.5 Å². The van der Waals surface area contributed by atoms with E-state index in [1.165, 1.54) is 24.1 Å². The van der Waals surface area contributed by atoms with Gasteiger partial charge in [-0.15, -0.1) is 0 Å². The zero-order valence-corrected chi connectivity index (χ0v) is 18.8. The molecule has 1 amide bonds. The Kier molecular flexibility index (Phi) is 6.63. The summed E-state index contributed by atoms with van der Waals surface area (Å²) in [4.78, 5) is 27.7. The smallest absolute Gasteiger partial charge is 0.295 e. The fourth-order valence-electron chi connectivity index (χ4n) is 4.06. The van der Waals surface area contributed by atoms with Crippen molar-refractivity contribution in [1.82, 2.24) is 4.90 Å². The molecule has 1 heterocycles. The molecule has 4 rings (SSSR count). The van der Waals surface area contributed by atoms with Crippen LogP contribution in [-0.2, 0) is 16.1 Å². The Morgan fingerprint density at radius 2 is 1.71 bits per heavy atom. The third kappa shape index (κ3) is 4.37. The van der Waals surface area contributed by atoms with Gasteiger partial charge in [-0.3, -0.25) is 9.59 Å². The van der Waals surface area contributed by atoms with Crippen molar-refractivity contribution in [3.63, 3.8) is 0 Å². The van der Waals surface area contributed by atoms with Crippen LogP contribution in [0.5, 0.6) is 11.5 Å². The second kappa shape index (κ2) is 9.79. The number of methoxy groups -OCH3 is 1. The predicted octanol–water partition coefficient (Wildman–Crippen LogP) is 4.85. The fraction of sp³-hybridized carbons (Fsp3) is 0.185. The van der Waals surface area contributed by atoms with E-state index in [2.05, 4.69) is 0 Å². The molecular formula is C27H24FNO5. The van der Waals surface area contributed by atoms with Gasteiger partial charge in [-0.25, -0.2) is 4.39 Å². The van der Waals surface area contributed by atoms with Crippen LogP contribution in [0.2, 0.25) is 0 Å². The highest BCUT2D eigenvalue weighted by molar-refractivity contribution is 6.46. The number of aliphatic hydroxyl groups is 1. The van der Waals surface area contributed by atoms with Gasteiger partial charge >= 0.3 is 0 Å². The number of ether oxygens (including phenoxy) is 2. The van der Waals surface area contributed by atoms with Crippen LogP contribution >= 0.6 is 0 Å². The predicted molar refractivity (Wildman–Crippen MR) is 125 cm³/mol. The molecule has 0 radical (unpaired) electrons. The number of ketones is 1. The minimum atomic E-state index is -0.879. The van der Waals surface area contributed by atoms with Crippen molar-refractivity contribution >= 4 is 17.4 Å². The molecule has 1 saturated heterocycles. The standard InChI is InChI=1S/C27H24FNO5/c1-3-34-22-15-19(11-14-21(22)33-2)24-23(25(30)18-7-5-4-6-8-18)26(31)27(32)29(24)16-17-9-12-20(28)13-10-17/h4-15,24,30H,3,16H2,1-2H3/b25-23-. The lowest BCUT2D eigenvalue weighted by Gasteiger charge is -2.26. The van der Waals surface area contributed by atoms with E-state index in [0.29, 0.717) is 34.8 Å². The third-order valence-corrected chi connectivity index (χ3v) is 5.66. The first-order valence-corrected chi connectivity index (χ1v) is 10.8. The molecular weight excluding hydrogens is 437 g/mol. The number of amides is 1. The molecule has 1 fully saturated rings.